The number of nitrogen functional groups attached to an aromatic ring is 1. The molecule has 0 unspecified atom stereocenters. The Labute approximate surface area is 87.5 Å². The Bertz CT molecular complexity index is 478. The first-order valence-electron chi connectivity index (χ1n) is 3.64. The van der Waals surface area contributed by atoms with E-state index in [2.05, 4.69) is 15.9 Å². The first-order valence-corrected chi connectivity index (χ1v) is 5.31. The molecule has 1 aromatic carbocycles. The first-order chi connectivity index (χ1) is 6.24. The molecule has 66 valence electrons. The molecule has 0 atom stereocenters. The predicted octanol–water partition coefficient (Wildman–Crippen LogP) is 3.06. The lowest BCUT2D eigenvalue weighted by molar-refractivity contribution is 0.112. The van der Waals surface area contributed by atoms with Crippen LogP contribution >= 0.6 is 27.3 Å². The number of rotatable bonds is 1. The molecule has 2 rings (SSSR count). The average Bonchev–Trinajstić information content (AvgIpc) is 2.60. The average molecular weight is 256 g/mol. The fraction of sp³-hybridized carbons (Fsp3) is 0. The largest absolute Gasteiger partial charge is 0.397 e. The van der Waals surface area contributed by atoms with Crippen LogP contribution in [0.1, 0.15) is 10.4 Å². The number of aldehydes is 1. The van der Waals surface area contributed by atoms with Crippen LogP contribution in [-0.2, 0) is 0 Å². The van der Waals surface area contributed by atoms with Crippen LogP contribution in [0.2, 0.25) is 0 Å². The standard InChI is InChI=1S/C9H6BrNOS/c10-7-3-5(4-12)8(11)9-6(7)1-2-13-9/h1-4H,11H2. The number of nitrogens with two attached hydrogens (primary N) is 1. The minimum atomic E-state index is 0.543. The van der Waals surface area contributed by atoms with Crippen LogP contribution in [0.3, 0.4) is 0 Å². The second-order valence-corrected chi connectivity index (χ2v) is 4.41. The van der Waals surface area contributed by atoms with Crippen LogP contribution in [0.25, 0.3) is 10.1 Å². The number of benzene rings is 1. The summed E-state index contributed by atoms with van der Waals surface area (Å²) in [7, 11) is 0. The van der Waals surface area contributed by atoms with E-state index < -0.39 is 0 Å². The van der Waals surface area contributed by atoms with E-state index in [4.69, 9.17) is 5.73 Å². The van der Waals surface area contributed by atoms with Gasteiger partial charge in [0.1, 0.15) is 0 Å². The van der Waals surface area contributed by atoms with E-state index in [9.17, 15) is 4.79 Å². The van der Waals surface area contributed by atoms with E-state index >= 15 is 0 Å². The van der Waals surface area contributed by atoms with Crippen molar-refractivity contribution in [3.8, 4) is 0 Å². The molecule has 2 nitrogen and oxygen atoms in total. The Morgan fingerprint density at radius 2 is 2.31 bits per heavy atom. The van der Waals surface area contributed by atoms with Crippen molar-refractivity contribution in [2.45, 2.75) is 0 Å². The molecule has 0 aliphatic heterocycles. The lowest BCUT2D eigenvalue weighted by atomic mass is 10.1. The van der Waals surface area contributed by atoms with Crippen molar-refractivity contribution < 1.29 is 4.79 Å². The summed E-state index contributed by atoms with van der Waals surface area (Å²) in [6.45, 7) is 0. The molecule has 2 aromatic rings. The summed E-state index contributed by atoms with van der Waals surface area (Å²) >= 11 is 4.94. The second-order valence-electron chi connectivity index (χ2n) is 2.64. The molecule has 0 spiro atoms. The molecule has 1 heterocycles. The SMILES string of the molecule is Nc1c(C=O)cc(Br)c2ccsc12. The summed E-state index contributed by atoms with van der Waals surface area (Å²) in [5.74, 6) is 0. The summed E-state index contributed by atoms with van der Waals surface area (Å²) in [6, 6.07) is 3.73. The van der Waals surface area contributed by atoms with Crippen molar-refractivity contribution in [3.05, 3.63) is 27.5 Å². The monoisotopic (exact) mass is 255 g/mol. The summed E-state index contributed by atoms with van der Waals surface area (Å²) in [5.41, 5.74) is 6.92. The van der Waals surface area contributed by atoms with Gasteiger partial charge in [-0.1, -0.05) is 15.9 Å². The molecular formula is C9H6BrNOS. The topological polar surface area (TPSA) is 43.1 Å². The van der Waals surface area contributed by atoms with Gasteiger partial charge in [0.2, 0.25) is 0 Å². The number of halogens is 1. The molecule has 2 N–H and O–H groups in total. The molecule has 0 amide bonds. The maximum Gasteiger partial charge on any atom is 0.152 e. The van der Waals surface area contributed by atoms with Crippen LogP contribution in [0.5, 0.6) is 0 Å². The second kappa shape index (κ2) is 3.12. The number of fused-ring (bicyclic) bond motifs is 1. The van der Waals surface area contributed by atoms with Crippen LogP contribution in [0.15, 0.2) is 22.0 Å². The lowest BCUT2D eigenvalue weighted by Gasteiger charge is -2.01. The van der Waals surface area contributed by atoms with E-state index in [0.29, 0.717) is 11.3 Å². The third kappa shape index (κ3) is 1.26. The molecule has 0 aliphatic rings. The van der Waals surface area contributed by atoms with Crippen LogP contribution < -0.4 is 5.73 Å². The zero-order valence-corrected chi connectivity index (χ0v) is 8.98. The van der Waals surface area contributed by atoms with E-state index in [1.54, 1.807) is 17.4 Å². The number of carbonyl (C=O) groups excluding carboxylic acids is 1. The molecule has 13 heavy (non-hydrogen) atoms. The minimum Gasteiger partial charge on any atom is -0.397 e. The van der Waals surface area contributed by atoms with Crippen molar-refractivity contribution in [1.82, 2.24) is 0 Å². The maximum absolute atomic E-state index is 10.6. The highest BCUT2D eigenvalue weighted by Gasteiger charge is 2.08. The Kier molecular flexibility index (Phi) is 2.09. The number of anilines is 1. The molecule has 0 bridgehead atoms. The normalized spacial score (nSPS) is 10.5. The summed E-state index contributed by atoms with van der Waals surface area (Å²) < 4.78 is 1.89. The van der Waals surface area contributed by atoms with E-state index in [-0.39, 0.29) is 0 Å². The van der Waals surface area contributed by atoms with Crippen molar-refractivity contribution in [2.24, 2.45) is 0 Å². The van der Waals surface area contributed by atoms with Gasteiger partial charge in [-0.25, -0.2) is 0 Å². The van der Waals surface area contributed by atoms with Gasteiger partial charge < -0.3 is 5.73 Å². The molecule has 0 fully saturated rings. The number of carbonyl (C=O) groups is 1. The fourth-order valence-electron chi connectivity index (χ4n) is 1.23. The molecule has 0 saturated carbocycles. The van der Waals surface area contributed by atoms with Gasteiger partial charge in [-0.2, -0.15) is 0 Å². The quantitative estimate of drug-likeness (QED) is 0.629. The van der Waals surface area contributed by atoms with Crippen molar-refractivity contribution in [1.29, 1.82) is 0 Å². The van der Waals surface area contributed by atoms with Gasteiger partial charge in [0.05, 0.1) is 10.4 Å². The highest BCUT2D eigenvalue weighted by atomic mass is 79.9. The molecule has 0 aliphatic carbocycles. The van der Waals surface area contributed by atoms with Gasteiger partial charge in [0, 0.05) is 15.4 Å². The predicted molar refractivity (Wildman–Crippen MR) is 59.3 cm³/mol. The molecule has 0 saturated heterocycles. The summed E-state index contributed by atoms with van der Waals surface area (Å²) in [6.07, 6.45) is 0.777. The van der Waals surface area contributed by atoms with Crippen molar-refractivity contribution in [2.75, 3.05) is 5.73 Å². The Morgan fingerprint density at radius 3 is 3.00 bits per heavy atom. The Morgan fingerprint density at radius 1 is 1.54 bits per heavy atom. The van der Waals surface area contributed by atoms with Gasteiger partial charge in [0.25, 0.3) is 0 Å². The van der Waals surface area contributed by atoms with Gasteiger partial charge in [0.15, 0.2) is 6.29 Å². The van der Waals surface area contributed by atoms with Gasteiger partial charge in [-0.05, 0) is 17.5 Å². The molecule has 0 radical (unpaired) electrons. The van der Waals surface area contributed by atoms with E-state index in [1.807, 2.05) is 11.4 Å². The molecular weight excluding hydrogens is 250 g/mol. The summed E-state index contributed by atoms with van der Waals surface area (Å²) in [5, 5.41) is 3.02. The Hall–Kier alpha value is -0.870. The first kappa shape index (κ1) is 8.72. The van der Waals surface area contributed by atoms with E-state index in [1.165, 1.54) is 0 Å². The Balaban J connectivity index is 2.93. The fourth-order valence-corrected chi connectivity index (χ4v) is 2.82. The van der Waals surface area contributed by atoms with E-state index in [0.717, 1.165) is 20.8 Å². The number of hydrogen-bond donors (Lipinski definition) is 1. The number of hydrogen-bond acceptors (Lipinski definition) is 3. The summed E-state index contributed by atoms with van der Waals surface area (Å²) in [4.78, 5) is 10.6. The van der Waals surface area contributed by atoms with Gasteiger partial charge in [-0.15, -0.1) is 11.3 Å². The molecule has 1 aromatic heterocycles. The van der Waals surface area contributed by atoms with Crippen LogP contribution in [0.4, 0.5) is 5.69 Å². The van der Waals surface area contributed by atoms with Crippen LogP contribution in [0, 0.1) is 0 Å². The zero-order chi connectivity index (χ0) is 9.42. The smallest absolute Gasteiger partial charge is 0.152 e. The third-order valence-electron chi connectivity index (χ3n) is 1.89. The zero-order valence-electron chi connectivity index (χ0n) is 6.58. The highest BCUT2D eigenvalue weighted by molar-refractivity contribution is 9.10. The van der Waals surface area contributed by atoms with Crippen molar-refractivity contribution in [3.63, 3.8) is 0 Å². The van der Waals surface area contributed by atoms with Crippen LogP contribution in [-0.4, -0.2) is 6.29 Å². The lowest BCUT2D eigenvalue weighted by Crippen LogP contribution is -1.92. The molecule has 4 heteroatoms. The van der Waals surface area contributed by atoms with Gasteiger partial charge in [-0.3, -0.25) is 4.79 Å². The maximum atomic E-state index is 10.6. The van der Waals surface area contributed by atoms with Crippen molar-refractivity contribution >= 4 is 49.3 Å². The number of thiophene rings is 1. The van der Waals surface area contributed by atoms with Gasteiger partial charge >= 0.3 is 0 Å². The third-order valence-corrected chi connectivity index (χ3v) is 3.49. The minimum absolute atomic E-state index is 0.543. The highest BCUT2D eigenvalue weighted by Crippen LogP contribution is 2.34.